The van der Waals surface area contributed by atoms with Crippen molar-refractivity contribution in [2.24, 2.45) is 0 Å². The molecule has 19 heavy (non-hydrogen) atoms. The summed E-state index contributed by atoms with van der Waals surface area (Å²) in [4.78, 5) is 12.1. The predicted molar refractivity (Wildman–Crippen MR) is 72.0 cm³/mol. The van der Waals surface area contributed by atoms with E-state index in [9.17, 15) is 4.79 Å². The van der Waals surface area contributed by atoms with Crippen LogP contribution in [-0.4, -0.2) is 25.7 Å². The molecule has 0 aliphatic carbocycles. The summed E-state index contributed by atoms with van der Waals surface area (Å²) in [6, 6.07) is 6.92. The summed E-state index contributed by atoms with van der Waals surface area (Å²) in [7, 11) is 2.99. The van der Waals surface area contributed by atoms with Crippen molar-refractivity contribution in [3.63, 3.8) is 0 Å². The van der Waals surface area contributed by atoms with E-state index in [0.717, 1.165) is 0 Å². The molecule has 0 aliphatic rings. The van der Waals surface area contributed by atoms with Crippen LogP contribution < -0.4 is 10.1 Å². The van der Waals surface area contributed by atoms with Gasteiger partial charge in [-0.3, -0.25) is 4.79 Å². The van der Waals surface area contributed by atoms with Gasteiger partial charge in [0.1, 0.15) is 17.4 Å². The number of ether oxygens (including phenoxy) is 2. The van der Waals surface area contributed by atoms with Crippen molar-refractivity contribution in [3.8, 4) is 11.8 Å². The highest BCUT2D eigenvalue weighted by Crippen LogP contribution is 2.23. The fraction of sp³-hybridized carbons (Fsp3) is 0.429. The average molecular weight is 262 g/mol. The van der Waals surface area contributed by atoms with Gasteiger partial charge in [-0.25, -0.2) is 0 Å². The summed E-state index contributed by atoms with van der Waals surface area (Å²) in [6.07, 6.45) is 0.552. The summed E-state index contributed by atoms with van der Waals surface area (Å²) >= 11 is 0. The van der Waals surface area contributed by atoms with Crippen molar-refractivity contribution in [1.82, 2.24) is 0 Å². The zero-order chi connectivity index (χ0) is 14.5. The van der Waals surface area contributed by atoms with E-state index in [-0.39, 0.29) is 5.91 Å². The molecule has 0 saturated carbocycles. The maximum Gasteiger partial charge on any atom is 0.256 e. The van der Waals surface area contributed by atoms with Gasteiger partial charge in [0.05, 0.1) is 12.7 Å². The third kappa shape index (κ3) is 3.24. The molecule has 0 unspecified atom stereocenters. The fourth-order valence-electron chi connectivity index (χ4n) is 1.53. The summed E-state index contributed by atoms with van der Waals surface area (Å²) in [5.74, 6) is 0.233. The van der Waals surface area contributed by atoms with Gasteiger partial charge in [0.15, 0.2) is 0 Å². The zero-order valence-electron chi connectivity index (χ0n) is 11.6. The Bertz CT molecular complexity index is 502. The Hall–Kier alpha value is -2.06. The predicted octanol–water partition coefficient (Wildman–Crippen LogP) is 2.32. The number of benzene rings is 1. The van der Waals surface area contributed by atoms with E-state index in [0.29, 0.717) is 23.4 Å². The van der Waals surface area contributed by atoms with Crippen LogP contribution in [0.3, 0.4) is 0 Å². The summed E-state index contributed by atoms with van der Waals surface area (Å²) in [5, 5.41) is 11.7. The van der Waals surface area contributed by atoms with Gasteiger partial charge in [-0.2, -0.15) is 5.26 Å². The molecule has 1 aromatic rings. The molecule has 102 valence electrons. The molecule has 0 radical (unpaired) electrons. The van der Waals surface area contributed by atoms with Gasteiger partial charge >= 0.3 is 0 Å². The van der Waals surface area contributed by atoms with Gasteiger partial charge in [0, 0.05) is 12.8 Å². The van der Waals surface area contributed by atoms with E-state index in [1.807, 2.05) is 13.0 Å². The lowest BCUT2D eigenvalue weighted by Crippen LogP contribution is -2.41. The van der Waals surface area contributed by atoms with Gasteiger partial charge in [-0.05, 0) is 31.5 Å². The minimum atomic E-state index is -0.882. The maximum atomic E-state index is 12.1. The smallest absolute Gasteiger partial charge is 0.256 e. The van der Waals surface area contributed by atoms with Crippen molar-refractivity contribution >= 4 is 11.6 Å². The third-order valence-electron chi connectivity index (χ3n) is 3.18. The monoisotopic (exact) mass is 262 g/mol. The van der Waals surface area contributed by atoms with E-state index < -0.39 is 5.60 Å². The van der Waals surface area contributed by atoms with Crippen LogP contribution >= 0.6 is 0 Å². The van der Waals surface area contributed by atoms with E-state index in [1.165, 1.54) is 14.2 Å². The van der Waals surface area contributed by atoms with Gasteiger partial charge < -0.3 is 14.8 Å². The number of methoxy groups -OCH3 is 2. The number of hydrogen-bond acceptors (Lipinski definition) is 4. The molecule has 0 saturated heterocycles. The lowest BCUT2D eigenvalue weighted by molar-refractivity contribution is -0.136. The van der Waals surface area contributed by atoms with Crippen molar-refractivity contribution in [1.29, 1.82) is 5.26 Å². The largest absolute Gasteiger partial charge is 0.495 e. The van der Waals surface area contributed by atoms with E-state index in [2.05, 4.69) is 5.32 Å². The minimum absolute atomic E-state index is 0.244. The van der Waals surface area contributed by atoms with Crippen LogP contribution in [0.4, 0.5) is 5.69 Å². The highest BCUT2D eigenvalue weighted by molar-refractivity contribution is 5.97. The fourth-order valence-corrected chi connectivity index (χ4v) is 1.53. The van der Waals surface area contributed by atoms with Crippen LogP contribution in [0.5, 0.6) is 5.75 Å². The Labute approximate surface area is 113 Å². The molecule has 5 nitrogen and oxygen atoms in total. The van der Waals surface area contributed by atoms with E-state index in [1.54, 1.807) is 25.1 Å². The van der Waals surface area contributed by atoms with Gasteiger partial charge in [0.25, 0.3) is 5.91 Å². The molecular formula is C14H18N2O3. The Kier molecular flexibility index (Phi) is 4.90. The quantitative estimate of drug-likeness (QED) is 0.884. The molecule has 1 atom stereocenters. The van der Waals surface area contributed by atoms with Crippen molar-refractivity contribution in [2.45, 2.75) is 25.9 Å². The van der Waals surface area contributed by atoms with Gasteiger partial charge in [-0.1, -0.05) is 6.92 Å². The summed E-state index contributed by atoms with van der Waals surface area (Å²) in [5.41, 5.74) is 0.0298. The second kappa shape index (κ2) is 6.21. The van der Waals surface area contributed by atoms with Crippen LogP contribution in [0, 0.1) is 11.3 Å². The lowest BCUT2D eigenvalue weighted by Gasteiger charge is -2.25. The topological polar surface area (TPSA) is 71.3 Å². The van der Waals surface area contributed by atoms with Crippen molar-refractivity contribution in [2.75, 3.05) is 19.5 Å². The maximum absolute atomic E-state index is 12.1. The van der Waals surface area contributed by atoms with Crippen LogP contribution in [0.25, 0.3) is 0 Å². The van der Waals surface area contributed by atoms with Gasteiger partial charge in [0.2, 0.25) is 0 Å². The average Bonchev–Trinajstić information content (AvgIpc) is 2.45. The number of amides is 1. The summed E-state index contributed by atoms with van der Waals surface area (Å²) in [6.45, 7) is 3.59. The molecule has 0 fully saturated rings. The number of nitrogens with zero attached hydrogens (tertiary/aromatic N) is 1. The highest BCUT2D eigenvalue weighted by atomic mass is 16.5. The molecule has 0 bridgehead atoms. The van der Waals surface area contributed by atoms with E-state index >= 15 is 0 Å². The third-order valence-corrected chi connectivity index (χ3v) is 3.18. The molecule has 1 aromatic carbocycles. The first-order chi connectivity index (χ1) is 9.00. The lowest BCUT2D eigenvalue weighted by atomic mass is 10.0. The standard InChI is InChI=1S/C14H18N2O3/c1-5-14(2,19-4)13(17)16-11-6-7-12(18-3)10(8-11)9-15/h6-8H,5H2,1-4H3,(H,16,17)/t14-/m0/s1. The molecule has 0 heterocycles. The Morgan fingerprint density at radius 1 is 1.47 bits per heavy atom. The SMILES string of the molecule is CC[C@](C)(OC)C(=O)Nc1ccc(OC)c(C#N)c1. The van der Waals surface area contributed by atoms with Crippen molar-refractivity contribution in [3.05, 3.63) is 23.8 Å². The van der Waals surface area contributed by atoms with Crippen LogP contribution in [0.15, 0.2) is 18.2 Å². The number of rotatable bonds is 5. The minimum Gasteiger partial charge on any atom is -0.495 e. The number of carbonyl (C=O) groups excluding carboxylic acids is 1. The molecule has 1 amide bonds. The molecule has 5 heteroatoms. The van der Waals surface area contributed by atoms with Gasteiger partial charge in [-0.15, -0.1) is 0 Å². The number of carbonyl (C=O) groups is 1. The number of anilines is 1. The molecule has 0 aromatic heterocycles. The Balaban J connectivity index is 2.95. The summed E-state index contributed by atoms with van der Waals surface area (Å²) < 4.78 is 10.3. The number of nitriles is 1. The zero-order valence-corrected chi connectivity index (χ0v) is 11.6. The van der Waals surface area contributed by atoms with Crippen molar-refractivity contribution < 1.29 is 14.3 Å². The van der Waals surface area contributed by atoms with Crippen LogP contribution in [-0.2, 0) is 9.53 Å². The molecule has 0 spiro atoms. The first-order valence-corrected chi connectivity index (χ1v) is 5.95. The second-order valence-electron chi connectivity index (χ2n) is 4.27. The van der Waals surface area contributed by atoms with Crippen LogP contribution in [0.1, 0.15) is 25.8 Å². The van der Waals surface area contributed by atoms with E-state index in [4.69, 9.17) is 14.7 Å². The second-order valence-corrected chi connectivity index (χ2v) is 4.27. The normalized spacial score (nSPS) is 13.2. The molecule has 1 N–H and O–H groups in total. The Morgan fingerprint density at radius 2 is 2.16 bits per heavy atom. The molecule has 0 aliphatic heterocycles. The highest BCUT2D eigenvalue weighted by Gasteiger charge is 2.31. The Morgan fingerprint density at radius 3 is 2.63 bits per heavy atom. The first-order valence-electron chi connectivity index (χ1n) is 5.95. The molecule has 1 rings (SSSR count). The number of hydrogen-bond donors (Lipinski definition) is 1. The number of nitrogens with one attached hydrogen (secondary N) is 1. The first kappa shape index (κ1) is 15.0. The molecular weight excluding hydrogens is 244 g/mol. The van der Waals surface area contributed by atoms with Crippen LogP contribution in [0.2, 0.25) is 0 Å².